The van der Waals surface area contributed by atoms with Gasteiger partial charge >= 0.3 is 0 Å². The van der Waals surface area contributed by atoms with Gasteiger partial charge in [-0.3, -0.25) is 5.01 Å². The van der Waals surface area contributed by atoms with Gasteiger partial charge in [-0.15, -0.1) is 0 Å². The molecule has 2 N–H and O–H groups in total. The largest absolute Gasteiger partial charge is 0.394 e. The van der Waals surface area contributed by atoms with Crippen molar-refractivity contribution in [3.8, 4) is 0 Å². The van der Waals surface area contributed by atoms with Crippen molar-refractivity contribution in [3.05, 3.63) is 42.1 Å². The van der Waals surface area contributed by atoms with Crippen LogP contribution in [0.25, 0.3) is 0 Å². The van der Waals surface area contributed by atoms with Crippen LogP contribution in [-0.4, -0.2) is 17.3 Å². The van der Waals surface area contributed by atoms with Gasteiger partial charge < -0.3 is 5.11 Å². The smallest absolute Gasteiger partial charge is 0.0778 e. The molecule has 0 radical (unpaired) electrons. The van der Waals surface area contributed by atoms with Crippen molar-refractivity contribution in [2.24, 2.45) is 0 Å². The lowest BCUT2D eigenvalue weighted by molar-refractivity contribution is 0.216. The maximum absolute atomic E-state index is 9.27. The lowest BCUT2D eigenvalue weighted by atomic mass is 10.1. The van der Waals surface area contributed by atoms with Gasteiger partial charge in [-0.2, -0.15) is 0 Å². The summed E-state index contributed by atoms with van der Waals surface area (Å²) in [5, 5.41) is 11.3. The third-order valence-corrected chi connectivity index (χ3v) is 2.59. The molecule has 0 saturated carbocycles. The Morgan fingerprint density at radius 3 is 2.53 bits per heavy atom. The highest BCUT2D eigenvalue weighted by Gasteiger charge is 2.30. The molecule has 1 aliphatic rings. The first-order valence-electron chi connectivity index (χ1n) is 5.08. The molecule has 0 spiro atoms. The first-order valence-corrected chi connectivity index (χ1v) is 5.08. The Morgan fingerprint density at radius 1 is 1.33 bits per heavy atom. The highest BCUT2D eigenvalue weighted by atomic mass is 16.3. The molecule has 1 heterocycles. The molecule has 1 unspecified atom stereocenters. The quantitative estimate of drug-likeness (QED) is 0.769. The number of aliphatic hydroxyl groups excluding tert-OH is 1. The third kappa shape index (κ3) is 1.89. The fraction of sp³-hybridized carbons (Fsp3) is 0.333. The van der Waals surface area contributed by atoms with Crippen LogP contribution in [0.5, 0.6) is 0 Å². The van der Waals surface area contributed by atoms with E-state index in [4.69, 9.17) is 0 Å². The SMILES string of the molecule is CC1=CC(C)(CO)NN1c1ccccc1. The van der Waals surface area contributed by atoms with Gasteiger partial charge in [-0.1, -0.05) is 18.2 Å². The van der Waals surface area contributed by atoms with E-state index in [-0.39, 0.29) is 12.1 Å². The third-order valence-electron chi connectivity index (χ3n) is 2.59. The number of anilines is 1. The fourth-order valence-electron chi connectivity index (χ4n) is 1.83. The predicted octanol–water partition coefficient (Wildman–Crippen LogP) is 1.67. The Morgan fingerprint density at radius 2 is 2.00 bits per heavy atom. The number of rotatable bonds is 2. The van der Waals surface area contributed by atoms with E-state index < -0.39 is 0 Å². The second-order valence-corrected chi connectivity index (χ2v) is 4.14. The first-order chi connectivity index (χ1) is 7.14. The number of allylic oxidation sites excluding steroid dienone is 1. The van der Waals surface area contributed by atoms with Crippen molar-refractivity contribution in [1.29, 1.82) is 0 Å². The molecule has 0 aromatic heterocycles. The van der Waals surface area contributed by atoms with Gasteiger partial charge in [0, 0.05) is 5.70 Å². The van der Waals surface area contributed by atoms with E-state index in [1.54, 1.807) is 0 Å². The number of hydrogen-bond acceptors (Lipinski definition) is 3. The minimum Gasteiger partial charge on any atom is -0.394 e. The van der Waals surface area contributed by atoms with Crippen LogP contribution in [-0.2, 0) is 0 Å². The molecule has 1 atom stereocenters. The molecule has 1 aromatic rings. The number of hydrazine groups is 1. The molecule has 0 aliphatic carbocycles. The van der Waals surface area contributed by atoms with Crippen LogP contribution in [0.15, 0.2) is 42.1 Å². The Labute approximate surface area is 90.0 Å². The summed E-state index contributed by atoms with van der Waals surface area (Å²) in [6, 6.07) is 10.1. The summed E-state index contributed by atoms with van der Waals surface area (Å²) >= 11 is 0. The number of para-hydroxylation sites is 1. The number of nitrogens with one attached hydrogen (secondary N) is 1. The lowest BCUT2D eigenvalue weighted by Gasteiger charge is -2.26. The van der Waals surface area contributed by atoms with Gasteiger partial charge in [0.15, 0.2) is 0 Å². The summed E-state index contributed by atoms with van der Waals surface area (Å²) in [4.78, 5) is 0. The zero-order valence-corrected chi connectivity index (χ0v) is 9.07. The molecule has 0 fully saturated rings. The topological polar surface area (TPSA) is 35.5 Å². The summed E-state index contributed by atoms with van der Waals surface area (Å²) in [6.07, 6.45) is 2.04. The molecule has 0 amide bonds. The molecule has 3 nitrogen and oxygen atoms in total. The van der Waals surface area contributed by atoms with Gasteiger partial charge in [-0.05, 0) is 32.1 Å². The van der Waals surface area contributed by atoms with Crippen molar-refractivity contribution in [2.75, 3.05) is 11.6 Å². The number of nitrogens with zero attached hydrogens (tertiary/aromatic N) is 1. The van der Waals surface area contributed by atoms with Crippen molar-refractivity contribution in [3.63, 3.8) is 0 Å². The van der Waals surface area contributed by atoms with Crippen LogP contribution in [0.4, 0.5) is 5.69 Å². The Kier molecular flexibility index (Phi) is 2.50. The molecule has 1 aromatic carbocycles. The molecule has 15 heavy (non-hydrogen) atoms. The van der Waals surface area contributed by atoms with E-state index in [1.165, 1.54) is 0 Å². The van der Waals surface area contributed by atoms with E-state index in [1.807, 2.05) is 55.3 Å². The highest BCUT2D eigenvalue weighted by molar-refractivity contribution is 5.53. The summed E-state index contributed by atoms with van der Waals surface area (Å²) in [6.45, 7) is 4.09. The molecule has 0 bridgehead atoms. The van der Waals surface area contributed by atoms with Crippen LogP contribution in [0, 0.1) is 0 Å². The second-order valence-electron chi connectivity index (χ2n) is 4.14. The number of hydrogen-bond donors (Lipinski definition) is 2. The second kappa shape index (κ2) is 3.68. The van der Waals surface area contributed by atoms with E-state index in [0.717, 1.165) is 11.4 Å². The van der Waals surface area contributed by atoms with Gasteiger partial charge in [0.05, 0.1) is 17.8 Å². The van der Waals surface area contributed by atoms with Crippen LogP contribution < -0.4 is 10.4 Å². The molecule has 1 aliphatic heterocycles. The van der Waals surface area contributed by atoms with E-state index in [2.05, 4.69) is 5.43 Å². The molecule has 0 saturated heterocycles. The van der Waals surface area contributed by atoms with Gasteiger partial charge in [0.25, 0.3) is 0 Å². The van der Waals surface area contributed by atoms with Crippen molar-refractivity contribution in [1.82, 2.24) is 5.43 Å². The van der Waals surface area contributed by atoms with Crippen molar-refractivity contribution < 1.29 is 5.11 Å². The average Bonchev–Trinajstić information content (AvgIpc) is 2.57. The molecule has 3 heteroatoms. The lowest BCUT2D eigenvalue weighted by Crippen LogP contribution is -2.47. The van der Waals surface area contributed by atoms with Crippen LogP contribution in [0.3, 0.4) is 0 Å². The normalized spacial score (nSPS) is 25.5. The van der Waals surface area contributed by atoms with E-state index >= 15 is 0 Å². The van der Waals surface area contributed by atoms with Crippen LogP contribution in [0.1, 0.15) is 13.8 Å². The fourth-order valence-corrected chi connectivity index (χ4v) is 1.83. The summed E-state index contributed by atoms with van der Waals surface area (Å²) < 4.78 is 0. The minimum absolute atomic E-state index is 0.0909. The maximum Gasteiger partial charge on any atom is 0.0778 e. The average molecular weight is 204 g/mol. The van der Waals surface area contributed by atoms with E-state index in [9.17, 15) is 5.11 Å². The van der Waals surface area contributed by atoms with Crippen molar-refractivity contribution in [2.45, 2.75) is 19.4 Å². The molecule has 80 valence electrons. The Balaban J connectivity index is 2.26. The molecule has 2 rings (SSSR count). The maximum atomic E-state index is 9.27. The molecular formula is C12H16N2O. The van der Waals surface area contributed by atoms with Gasteiger partial charge in [0.2, 0.25) is 0 Å². The molecular weight excluding hydrogens is 188 g/mol. The minimum atomic E-state index is -0.347. The number of benzene rings is 1. The van der Waals surface area contributed by atoms with Crippen LogP contribution >= 0.6 is 0 Å². The predicted molar refractivity (Wildman–Crippen MR) is 61.3 cm³/mol. The Hall–Kier alpha value is -1.32. The van der Waals surface area contributed by atoms with Crippen LogP contribution in [0.2, 0.25) is 0 Å². The zero-order chi connectivity index (χ0) is 10.9. The highest BCUT2D eigenvalue weighted by Crippen LogP contribution is 2.25. The standard InChI is InChI=1S/C12H16N2O/c1-10-8-12(2,9-15)13-14(10)11-6-4-3-5-7-11/h3-8,13,15H,9H2,1-2H3. The van der Waals surface area contributed by atoms with Gasteiger partial charge in [-0.25, -0.2) is 5.43 Å². The summed E-state index contributed by atoms with van der Waals surface area (Å²) in [5.74, 6) is 0. The summed E-state index contributed by atoms with van der Waals surface area (Å²) in [5.41, 5.74) is 5.12. The zero-order valence-electron chi connectivity index (χ0n) is 9.07. The van der Waals surface area contributed by atoms with Crippen molar-refractivity contribution >= 4 is 5.69 Å². The monoisotopic (exact) mass is 204 g/mol. The van der Waals surface area contributed by atoms with Gasteiger partial charge in [0.1, 0.15) is 0 Å². The van der Waals surface area contributed by atoms with E-state index in [0.29, 0.717) is 0 Å². The Bertz CT molecular complexity index is 374. The summed E-state index contributed by atoms with van der Waals surface area (Å²) in [7, 11) is 0. The number of aliphatic hydroxyl groups is 1. The first kappa shape index (κ1) is 10.2.